The first-order chi connectivity index (χ1) is 6.92. The summed E-state index contributed by atoms with van der Waals surface area (Å²) in [5, 5.41) is 9.71. The van der Waals surface area contributed by atoms with E-state index >= 15 is 0 Å². The summed E-state index contributed by atoms with van der Waals surface area (Å²) in [6.45, 7) is 3.74. The van der Waals surface area contributed by atoms with Gasteiger partial charge in [0.1, 0.15) is 0 Å². The Bertz CT molecular complexity index is 307. The number of carbonyl (C=O) groups excluding carboxylic acids is 2. The number of hydrogen-bond donors (Lipinski definition) is 1. The third-order valence-electron chi connectivity index (χ3n) is 3.25. The van der Waals surface area contributed by atoms with Gasteiger partial charge >= 0.3 is 0 Å². The van der Waals surface area contributed by atoms with Gasteiger partial charge in [-0.1, -0.05) is 13.8 Å². The van der Waals surface area contributed by atoms with Crippen molar-refractivity contribution in [1.82, 2.24) is 4.90 Å². The van der Waals surface area contributed by atoms with Crippen LogP contribution in [-0.2, 0) is 9.59 Å². The van der Waals surface area contributed by atoms with Crippen LogP contribution >= 0.6 is 0 Å². The predicted octanol–water partition coefficient (Wildman–Crippen LogP) is 0.542. The average Bonchev–Trinajstić information content (AvgIpc) is 2.91. The van der Waals surface area contributed by atoms with Crippen LogP contribution in [0.1, 0.15) is 33.1 Å². The highest BCUT2D eigenvalue weighted by molar-refractivity contribution is 6.05. The number of imide groups is 1. The lowest BCUT2D eigenvalue weighted by Crippen LogP contribution is -2.39. The molecule has 0 spiro atoms. The van der Waals surface area contributed by atoms with Gasteiger partial charge in [-0.15, -0.1) is 0 Å². The monoisotopic (exact) mass is 211 g/mol. The minimum atomic E-state index is -0.583. The van der Waals surface area contributed by atoms with Crippen molar-refractivity contribution >= 4 is 11.8 Å². The molecular formula is C11H17NO3. The van der Waals surface area contributed by atoms with Crippen LogP contribution in [0.3, 0.4) is 0 Å². The second-order valence-corrected chi connectivity index (χ2v) is 5.27. The minimum absolute atomic E-state index is 0.146. The van der Waals surface area contributed by atoms with Crippen LogP contribution in [0.5, 0.6) is 0 Å². The summed E-state index contributed by atoms with van der Waals surface area (Å²) in [4.78, 5) is 24.6. The Labute approximate surface area is 89.3 Å². The number of aliphatic hydroxyl groups is 1. The van der Waals surface area contributed by atoms with Gasteiger partial charge in [0.15, 0.2) is 0 Å². The Balaban J connectivity index is 2.02. The molecule has 0 bridgehead atoms. The van der Waals surface area contributed by atoms with Gasteiger partial charge in [0.2, 0.25) is 11.8 Å². The molecule has 4 heteroatoms. The molecular weight excluding hydrogens is 194 g/mol. The summed E-state index contributed by atoms with van der Waals surface area (Å²) in [7, 11) is 0. The maximum Gasteiger partial charge on any atom is 0.235 e. The van der Waals surface area contributed by atoms with Crippen molar-refractivity contribution in [2.24, 2.45) is 11.3 Å². The number of hydrogen-bond acceptors (Lipinski definition) is 3. The third kappa shape index (κ3) is 1.91. The van der Waals surface area contributed by atoms with E-state index < -0.39 is 11.5 Å². The normalized spacial score (nSPS) is 27.3. The standard InChI is InChI=1S/C11H17NO3/c1-11(2)5-9(14)12(10(11)15)6-8(13)7-3-4-7/h7-8,13H,3-6H2,1-2H3. The van der Waals surface area contributed by atoms with Crippen LogP contribution in [0, 0.1) is 11.3 Å². The summed E-state index contributed by atoms with van der Waals surface area (Å²) < 4.78 is 0. The molecule has 84 valence electrons. The van der Waals surface area contributed by atoms with Crippen molar-refractivity contribution < 1.29 is 14.7 Å². The Morgan fingerprint density at radius 3 is 2.47 bits per heavy atom. The van der Waals surface area contributed by atoms with E-state index in [1.165, 1.54) is 4.90 Å². The molecule has 1 heterocycles. The molecule has 2 rings (SSSR count). The molecule has 1 aliphatic carbocycles. The van der Waals surface area contributed by atoms with Crippen molar-refractivity contribution in [3.05, 3.63) is 0 Å². The number of β-amino-alcohol motifs (C(OH)–C–C–N with tert-alkyl or cyclic N) is 1. The quantitative estimate of drug-likeness (QED) is 0.693. The minimum Gasteiger partial charge on any atom is -0.391 e. The van der Waals surface area contributed by atoms with Crippen LogP contribution < -0.4 is 0 Å². The van der Waals surface area contributed by atoms with E-state index in [9.17, 15) is 14.7 Å². The molecule has 2 fully saturated rings. The summed E-state index contributed by atoms with van der Waals surface area (Å²) in [6.07, 6.45) is 1.77. The topological polar surface area (TPSA) is 57.6 Å². The Hall–Kier alpha value is -0.900. The molecule has 1 N–H and O–H groups in total. The molecule has 15 heavy (non-hydrogen) atoms. The molecule has 1 aliphatic heterocycles. The Kier molecular flexibility index (Phi) is 2.34. The van der Waals surface area contributed by atoms with Gasteiger partial charge in [0.05, 0.1) is 18.1 Å². The Morgan fingerprint density at radius 1 is 1.47 bits per heavy atom. The van der Waals surface area contributed by atoms with Crippen molar-refractivity contribution in [3.8, 4) is 0 Å². The number of rotatable bonds is 3. The zero-order valence-corrected chi connectivity index (χ0v) is 9.19. The molecule has 1 saturated heterocycles. The molecule has 0 aromatic rings. The van der Waals surface area contributed by atoms with Crippen molar-refractivity contribution in [1.29, 1.82) is 0 Å². The third-order valence-corrected chi connectivity index (χ3v) is 3.25. The fourth-order valence-electron chi connectivity index (χ4n) is 2.03. The summed E-state index contributed by atoms with van der Waals surface area (Å²) in [5.74, 6) is 0.00575. The fraction of sp³-hybridized carbons (Fsp3) is 0.818. The first-order valence-electron chi connectivity index (χ1n) is 5.45. The lowest BCUT2D eigenvalue weighted by molar-refractivity contribution is -0.142. The molecule has 1 saturated carbocycles. The highest BCUT2D eigenvalue weighted by atomic mass is 16.3. The number of nitrogens with zero attached hydrogens (tertiary/aromatic N) is 1. The summed E-state index contributed by atoms with van der Waals surface area (Å²) in [6, 6.07) is 0. The predicted molar refractivity (Wildman–Crippen MR) is 53.8 cm³/mol. The Morgan fingerprint density at radius 2 is 2.07 bits per heavy atom. The van der Waals surface area contributed by atoms with Gasteiger partial charge in [-0.2, -0.15) is 0 Å². The number of likely N-dealkylation sites (tertiary alicyclic amines) is 1. The second kappa shape index (κ2) is 3.30. The van der Waals surface area contributed by atoms with E-state index in [1.807, 2.05) is 0 Å². The molecule has 2 aliphatic rings. The highest BCUT2D eigenvalue weighted by Crippen LogP contribution is 2.36. The number of aliphatic hydroxyl groups excluding tert-OH is 1. The maximum atomic E-state index is 11.8. The zero-order valence-electron chi connectivity index (χ0n) is 9.19. The van der Waals surface area contributed by atoms with Crippen LogP contribution in [-0.4, -0.2) is 34.5 Å². The van der Waals surface area contributed by atoms with Gasteiger partial charge in [-0.05, 0) is 18.8 Å². The van der Waals surface area contributed by atoms with E-state index in [2.05, 4.69) is 0 Å². The average molecular weight is 211 g/mol. The van der Waals surface area contributed by atoms with Crippen LogP contribution in [0.2, 0.25) is 0 Å². The maximum absolute atomic E-state index is 11.8. The molecule has 4 nitrogen and oxygen atoms in total. The van der Waals surface area contributed by atoms with E-state index in [-0.39, 0.29) is 24.8 Å². The first kappa shape index (κ1) is 10.6. The van der Waals surface area contributed by atoms with Crippen LogP contribution in [0.15, 0.2) is 0 Å². The lowest BCUT2D eigenvalue weighted by atomic mass is 9.92. The van der Waals surface area contributed by atoms with Crippen LogP contribution in [0.4, 0.5) is 0 Å². The van der Waals surface area contributed by atoms with Crippen molar-refractivity contribution in [3.63, 3.8) is 0 Å². The first-order valence-corrected chi connectivity index (χ1v) is 5.45. The molecule has 2 amide bonds. The van der Waals surface area contributed by atoms with E-state index in [0.717, 1.165) is 12.8 Å². The SMILES string of the molecule is CC1(C)CC(=O)N(CC(O)C2CC2)C1=O. The molecule has 1 atom stereocenters. The molecule has 0 aromatic heterocycles. The lowest BCUT2D eigenvalue weighted by Gasteiger charge is -2.20. The van der Waals surface area contributed by atoms with Gasteiger partial charge in [-0.25, -0.2) is 0 Å². The largest absolute Gasteiger partial charge is 0.391 e. The highest BCUT2D eigenvalue weighted by Gasteiger charge is 2.46. The van der Waals surface area contributed by atoms with Gasteiger partial charge in [-0.3, -0.25) is 14.5 Å². The van der Waals surface area contributed by atoms with Gasteiger partial charge < -0.3 is 5.11 Å². The fourth-order valence-corrected chi connectivity index (χ4v) is 2.03. The van der Waals surface area contributed by atoms with E-state index in [4.69, 9.17) is 0 Å². The zero-order chi connectivity index (χ0) is 11.2. The van der Waals surface area contributed by atoms with E-state index in [0.29, 0.717) is 5.92 Å². The molecule has 1 unspecified atom stereocenters. The van der Waals surface area contributed by atoms with Crippen molar-refractivity contribution in [2.45, 2.75) is 39.2 Å². The molecule has 0 radical (unpaired) electrons. The number of amides is 2. The van der Waals surface area contributed by atoms with Gasteiger partial charge in [0, 0.05) is 6.42 Å². The summed E-state index contributed by atoms with van der Waals surface area (Å²) in [5.41, 5.74) is -0.583. The smallest absolute Gasteiger partial charge is 0.235 e. The van der Waals surface area contributed by atoms with Gasteiger partial charge in [0.25, 0.3) is 0 Å². The summed E-state index contributed by atoms with van der Waals surface area (Å²) >= 11 is 0. The van der Waals surface area contributed by atoms with Crippen molar-refractivity contribution in [2.75, 3.05) is 6.54 Å². The van der Waals surface area contributed by atoms with E-state index in [1.54, 1.807) is 13.8 Å². The number of carbonyl (C=O) groups is 2. The molecule has 0 aromatic carbocycles. The van der Waals surface area contributed by atoms with Crippen LogP contribution in [0.25, 0.3) is 0 Å². The second-order valence-electron chi connectivity index (χ2n) is 5.27.